The van der Waals surface area contributed by atoms with Crippen LogP contribution in [0.2, 0.25) is 5.02 Å². The normalized spacial score (nSPS) is 14.3. The molecule has 4 rings (SSSR count). The molecule has 2 aromatic heterocycles. The summed E-state index contributed by atoms with van der Waals surface area (Å²) in [5.74, 6) is -1.14. The SMILES string of the molecule is Cc1c(-c2ncc(Cl)cn2)c(C(=O)N2CCNC(=O)C2)n(Cc2ccccc2)c1C(F)(F)F. The number of hydrogen-bond donors (Lipinski definition) is 1. The first-order valence-electron chi connectivity index (χ1n) is 10.0. The Morgan fingerprint density at radius 2 is 1.85 bits per heavy atom. The van der Waals surface area contributed by atoms with E-state index >= 15 is 0 Å². The summed E-state index contributed by atoms with van der Waals surface area (Å²) in [7, 11) is 0. The van der Waals surface area contributed by atoms with Crippen LogP contribution < -0.4 is 5.32 Å². The summed E-state index contributed by atoms with van der Waals surface area (Å²) in [4.78, 5) is 34.9. The van der Waals surface area contributed by atoms with Crippen molar-refractivity contribution in [2.45, 2.75) is 19.6 Å². The summed E-state index contributed by atoms with van der Waals surface area (Å²) >= 11 is 5.87. The lowest BCUT2D eigenvalue weighted by atomic mass is 10.1. The second kappa shape index (κ2) is 8.86. The zero-order valence-electron chi connectivity index (χ0n) is 17.5. The maximum Gasteiger partial charge on any atom is 0.431 e. The number of piperazine rings is 1. The van der Waals surface area contributed by atoms with Crippen LogP contribution in [0, 0.1) is 6.92 Å². The van der Waals surface area contributed by atoms with Gasteiger partial charge in [-0.15, -0.1) is 0 Å². The molecule has 3 aromatic rings. The molecule has 0 bridgehead atoms. The molecular formula is C22H19ClF3N5O2. The molecular weight excluding hydrogens is 459 g/mol. The summed E-state index contributed by atoms with van der Waals surface area (Å²) < 4.78 is 43.8. The highest BCUT2D eigenvalue weighted by Gasteiger charge is 2.42. The lowest BCUT2D eigenvalue weighted by Gasteiger charge is -2.28. The van der Waals surface area contributed by atoms with E-state index in [-0.39, 0.29) is 59.8 Å². The Morgan fingerprint density at radius 3 is 2.45 bits per heavy atom. The third-order valence-electron chi connectivity index (χ3n) is 5.33. The van der Waals surface area contributed by atoms with E-state index in [9.17, 15) is 22.8 Å². The Balaban J connectivity index is 1.97. The highest BCUT2D eigenvalue weighted by molar-refractivity contribution is 6.30. The summed E-state index contributed by atoms with van der Waals surface area (Å²) in [6, 6.07) is 8.52. The predicted octanol–water partition coefficient (Wildman–Crippen LogP) is 3.55. The first kappa shape index (κ1) is 22.8. The quantitative estimate of drug-likeness (QED) is 0.623. The van der Waals surface area contributed by atoms with E-state index in [4.69, 9.17) is 11.6 Å². The lowest BCUT2D eigenvalue weighted by Crippen LogP contribution is -2.50. The number of amides is 2. The highest BCUT2D eigenvalue weighted by atomic mass is 35.5. The molecule has 172 valence electrons. The maximum absolute atomic E-state index is 14.3. The van der Waals surface area contributed by atoms with Crippen molar-refractivity contribution in [1.29, 1.82) is 0 Å². The molecule has 1 aliphatic rings. The van der Waals surface area contributed by atoms with Gasteiger partial charge in [-0.25, -0.2) is 9.97 Å². The number of nitrogens with one attached hydrogen (secondary N) is 1. The molecule has 1 N–H and O–H groups in total. The summed E-state index contributed by atoms with van der Waals surface area (Å²) in [5.41, 5.74) is -0.825. The van der Waals surface area contributed by atoms with Crippen LogP contribution in [0.1, 0.15) is 27.3 Å². The van der Waals surface area contributed by atoms with Crippen LogP contribution in [-0.4, -0.2) is 50.9 Å². The van der Waals surface area contributed by atoms with Crippen molar-refractivity contribution in [1.82, 2.24) is 24.8 Å². The fraction of sp³-hybridized carbons (Fsp3) is 0.273. The van der Waals surface area contributed by atoms with Crippen molar-refractivity contribution in [2.75, 3.05) is 19.6 Å². The first-order valence-corrected chi connectivity index (χ1v) is 10.4. The molecule has 11 heteroatoms. The smallest absolute Gasteiger partial charge is 0.353 e. The van der Waals surface area contributed by atoms with E-state index in [0.29, 0.717) is 5.56 Å². The van der Waals surface area contributed by atoms with Gasteiger partial charge in [0.2, 0.25) is 5.91 Å². The minimum absolute atomic E-state index is 0.0362. The number of carbonyl (C=O) groups is 2. The Hall–Kier alpha value is -3.40. The van der Waals surface area contributed by atoms with Gasteiger partial charge >= 0.3 is 6.18 Å². The summed E-state index contributed by atoms with van der Waals surface area (Å²) in [6.45, 7) is 1.21. The van der Waals surface area contributed by atoms with Crippen LogP contribution in [0.15, 0.2) is 42.7 Å². The number of benzene rings is 1. The zero-order chi connectivity index (χ0) is 23.8. The highest BCUT2D eigenvalue weighted by Crippen LogP contribution is 2.41. The lowest BCUT2D eigenvalue weighted by molar-refractivity contribution is -0.143. The van der Waals surface area contributed by atoms with Crippen molar-refractivity contribution < 1.29 is 22.8 Å². The minimum atomic E-state index is -4.75. The van der Waals surface area contributed by atoms with Gasteiger partial charge in [0.05, 0.1) is 17.1 Å². The molecule has 7 nitrogen and oxygen atoms in total. The maximum atomic E-state index is 14.3. The van der Waals surface area contributed by atoms with Gasteiger partial charge in [0.1, 0.15) is 11.4 Å². The molecule has 33 heavy (non-hydrogen) atoms. The van der Waals surface area contributed by atoms with Gasteiger partial charge in [-0.3, -0.25) is 9.59 Å². The van der Waals surface area contributed by atoms with Crippen LogP contribution in [0.25, 0.3) is 11.4 Å². The van der Waals surface area contributed by atoms with Gasteiger partial charge in [0.25, 0.3) is 5.91 Å². The average molecular weight is 478 g/mol. The first-order chi connectivity index (χ1) is 15.7. The second-order valence-electron chi connectivity index (χ2n) is 7.57. The van der Waals surface area contributed by atoms with Gasteiger partial charge < -0.3 is 14.8 Å². The molecule has 1 aromatic carbocycles. The number of rotatable bonds is 4. The summed E-state index contributed by atoms with van der Waals surface area (Å²) in [6.07, 6.45) is -2.24. The number of nitrogens with zero attached hydrogens (tertiary/aromatic N) is 4. The number of hydrogen-bond acceptors (Lipinski definition) is 4. The fourth-order valence-corrected chi connectivity index (χ4v) is 4.03. The van der Waals surface area contributed by atoms with E-state index in [2.05, 4.69) is 15.3 Å². The van der Waals surface area contributed by atoms with Gasteiger partial charge in [-0.05, 0) is 18.1 Å². The van der Waals surface area contributed by atoms with Crippen molar-refractivity contribution >= 4 is 23.4 Å². The molecule has 1 fully saturated rings. The Bertz CT molecular complexity index is 1190. The fourth-order valence-electron chi connectivity index (χ4n) is 3.93. The van der Waals surface area contributed by atoms with E-state index in [1.165, 1.54) is 24.2 Å². The molecule has 3 heterocycles. The van der Waals surface area contributed by atoms with Gasteiger partial charge in [-0.1, -0.05) is 41.9 Å². The van der Waals surface area contributed by atoms with Crippen LogP contribution >= 0.6 is 11.6 Å². The standard InChI is InChI=1S/C22H19ClF3N5O2/c1-13-17(20-28-9-15(23)10-29-20)18(21(33)30-8-7-27-16(32)12-30)31(19(13)22(24,25)26)11-14-5-3-2-4-6-14/h2-6,9-10H,7-8,11-12H2,1H3,(H,27,32). The minimum Gasteiger partial charge on any atom is -0.353 e. The van der Waals surface area contributed by atoms with Crippen LogP contribution in [0.4, 0.5) is 13.2 Å². The molecule has 2 amide bonds. The van der Waals surface area contributed by atoms with Crippen LogP contribution in [0.5, 0.6) is 0 Å². The predicted molar refractivity (Wildman–Crippen MR) is 115 cm³/mol. The van der Waals surface area contributed by atoms with E-state index in [1.54, 1.807) is 30.3 Å². The number of alkyl halides is 3. The van der Waals surface area contributed by atoms with Gasteiger partial charge in [0.15, 0.2) is 5.82 Å². The molecule has 0 radical (unpaired) electrons. The number of halogens is 4. The van der Waals surface area contributed by atoms with Crippen molar-refractivity contribution in [2.24, 2.45) is 0 Å². The Kier molecular flexibility index (Phi) is 6.11. The van der Waals surface area contributed by atoms with E-state index in [0.717, 1.165) is 4.57 Å². The number of carbonyl (C=O) groups excluding carboxylic acids is 2. The van der Waals surface area contributed by atoms with E-state index in [1.807, 2.05) is 0 Å². The number of aromatic nitrogens is 3. The monoisotopic (exact) mass is 477 g/mol. The second-order valence-corrected chi connectivity index (χ2v) is 8.00. The third-order valence-corrected chi connectivity index (χ3v) is 5.53. The molecule has 1 aliphatic heterocycles. The average Bonchev–Trinajstić information content (AvgIpc) is 3.06. The van der Waals surface area contributed by atoms with Gasteiger partial charge in [-0.2, -0.15) is 13.2 Å². The van der Waals surface area contributed by atoms with Crippen LogP contribution in [0.3, 0.4) is 0 Å². The molecule has 0 saturated carbocycles. The van der Waals surface area contributed by atoms with Crippen molar-refractivity contribution in [3.63, 3.8) is 0 Å². The molecule has 0 aliphatic carbocycles. The molecule has 0 atom stereocenters. The topological polar surface area (TPSA) is 80.1 Å². The summed E-state index contributed by atoms with van der Waals surface area (Å²) in [5, 5.41) is 2.81. The molecule has 0 spiro atoms. The van der Waals surface area contributed by atoms with Crippen LogP contribution in [-0.2, 0) is 17.5 Å². The van der Waals surface area contributed by atoms with E-state index < -0.39 is 17.8 Å². The van der Waals surface area contributed by atoms with Crippen molar-refractivity contribution in [3.8, 4) is 11.4 Å². The molecule has 1 saturated heterocycles. The Labute approximate surface area is 192 Å². The Morgan fingerprint density at radius 1 is 1.18 bits per heavy atom. The van der Waals surface area contributed by atoms with Gasteiger partial charge in [0, 0.05) is 32.0 Å². The third kappa shape index (κ3) is 4.56. The largest absolute Gasteiger partial charge is 0.431 e. The van der Waals surface area contributed by atoms with Crippen molar-refractivity contribution in [3.05, 3.63) is 70.3 Å². The molecule has 0 unspecified atom stereocenters. The zero-order valence-corrected chi connectivity index (χ0v) is 18.2.